The first-order valence-corrected chi connectivity index (χ1v) is 10.5. The first-order chi connectivity index (χ1) is 14.7. The van der Waals surface area contributed by atoms with E-state index in [4.69, 9.17) is 9.47 Å². The van der Waals surface area contributed by atoms with E-state index >= 15 is 0 Å². The summed E-state index contributed by atoms with van der Waals surface area (Å²) in [7, 11) is 0. The van der Waals surface area contributed by atoms with Crippen molar-refractivity contribution in [1.82, 2.24) is 14.6 Å². The second-order valence-electron chi connectivity index (χ2n) is 6.40. The molecule has 7 heteroatoms. The van der Waals surface area contributed by atoms with Crippen molar-refractivity contribution >= 4 is 34.5 Å². The lowest BCUT2D eigenvalue weighted by atomic mass is 10.2. The van der Waals surface area contributed by atoms with Crippen LogP contribution in [0.3, 0.4) is 0 Å². The molecule has 0 saturated heterocycles. The van der Waals surface area contributed by atoms with Crippen molar-refractivity contribution in [2.75, 3.05) is 13.2 Å². The Morgan fingerprint density at radius 2 is 1.73 bits per heavy atom. The molecule has 4 aromatic rings. The molecule has 0 unspecified atom stereocenters. The maximum Gasteiger partial charge on any atom is 0.291 e. The Hall–Kier alpha value is -3.45. The minimum atomic E-state index is -0.186. The molecule has 0 bridgehead atoms. The monoisotopic (exact) mass is 419 g/mol. The van der Waals surface area contributed by atoms with Gasteiger partial charge >= 0.3 is 0 Å². The van der Waals surface area contributed by atoms with Gasteiger partial charge in [0.1, 0.15) is 0 Å². The van der Waals surface area contributed by atoms with Crippen molar-refractivity contribution in [1.29, 1.82) is 0 Å². The molecule has 2 aromatic carbocycles. The number of hydrogen-bond donors (Lipinski definition) is 0. The molecule has 0 amide bonds. The molecule has 0 aliphatic heterocycles. The minimum Gasteiger partial charge on any atom is -0.490 e. The quantitative estimate of drug-likeness (QED) is 0.457. The van der Waals surface area contributed by atoms with E-state index in [1.165, 1.54) is 15.9 Å². The van der Waals surface area contributed by atoms with Crippen molar-refractivity contribution in [2.45, 2.75) is 13.8 Å². The second kappa shape index (κ2) is 8.92. The molecule has 0 saturated carbocycles. The minimum absolute atomic E-state index is 0.186. The number of rotatable bonds is 7. The fraction of sp³-hybridized carbons (Fsp3) is 0.174. The van der Waals surface area contributed by atoms with Crippen molar-refractivity contribution in [2.24, 2.45) is 0 Å². The normalized spacial score (nSPS) is 12.1. The summed E-state index contributed by atoms with van der Waals surface area (Å²) in [5, 5.41) is 4.33. The molecule has 0 spiro atoms. The Morgan fingerprint density at radius 1 is 0.967 bits per heavy atom. The third kappa shape index (κ3) is 4.26. The summed E-state index contributed by atoms with van der Waals surface area (Å²) in [4.78, 5) is 17.8. The zero-order valence-electron chi connectivity index (χ0n) is 16.7. The van der Waals surface area contributed by atoms with Crippen LogP contribution in [0.4, 0.5) is 0 Å². The number of aromatic nitrogens is 3. The van der Waals surface area contributed by atoms with Crippen LogP contribution >= 0.6 is 11.3 Å². The molecule has 2 heterocycles. The van der Waals surface area contributed by atoms with E-state index in [2.05, 4.69) is 10.1 Å². The van der Waals surface area contributed by atoms with E-state index in [9.17, 15) is 4.79 Å². The van der Waals surface area contributed by atoms with Crippen LogP contribution in [-0.2, 0) is 0 Å². The standard InChI is InChI=1S/C23H21N3O3S/c1-3-28-18-12-10-17(14-19(18)29-4-2)15-20-22(27)26-23(30-20)24-21(25-26)13-11-16-8-6-5-7-9-16/h5-15H,3-4H2,1-2H3/b13-11+,20-15+. The third-order valence-electron chi connectivity index (χ3n) is 4.29. The predicted molar refractivity (Wildman–Crippen MR) is 120 cm³/mol. The van der Waals surface area contributed by atoms with Gasteiger partial charge in [0.25, 0.3) is 5.56 Å². The van der Waals surface area contributed by atoms with Gasteiger partial charge in [0.15, 0.2) is 17.3 Å². The van der Waals surface area contributed by atoms with Crippen molar-refractivity contribution in [3.8, 4) is 11.5 Å². The van der Waals surface area contributed by atoms with Crippen LogP contribution in [0.2, 0.25) is 0 Å². The fourth-order valence-corrected chi connectivity index (χ4v) is 3.88. The summed E-state index contributed by atoms with van der Waals surface area (Å²) in [5.41, 5.74) is 1.72. The molecule has 4 rings (SSSR count). The molecule has 0 radical (unpaired) electrons. The molecular weight excluding hydrogens is 398 g/mol. The van der Waals surface area contributed by atoms with Crippen LogP contribution in [0, 0.1) is 0 Å². The van der Waals surface area contributed by atoms with Crippen LogP contribution in [0.1, 0.15) is 30.8 Å². The highest BCUT2D eigenvalue weighted by Crippen LogP contribution is 2.28. The van der Waals surface area contributed by atoms with E-state index in [-0.39, 0.29) is 5.56 Å². The van der Waals surface area contributed by atoms with E-state index < -0.39 is 0 Å². The maximum atomic E-state index is 12.8. The Kier molecular flexibility index (Phi) is 5.90. The van der Waals surface area contributed by atoms with Gasteiger partial charge in [-0.3, -0.25) is 4.79 Å². The lowest BCUT2D eigenvalue weighted by Crippen LogP contribution is -2.23. The molecule has 30 heavy (non-hydrogen) atoms. The van der Waals surface area contributed by atoms with Gasteiger partial charge in [0, 0.05) is 0 Å². The highest BCUT2D eigenvalue weighted by molar-refractivity contribution is 7.15. The fourth-order valence-electron chi connectivity index (χ4n) is 2.96. The maximum absolute atomic E-state index is 12.8. The average Bonchev–Trinajstić information content (AvgIpc) is 3.28. The van der Waals surface area contributed by atoms with Gasteiger partial charge in [-0.05, 0) is 49.3 Å². The number of thiazole rings is 1. The van der Waals surface area contributed by atoms with Crippen molar-refractivity contribution in [3.05, 3.63) is 80.4 Å². The largest absolute Gasteiger partial charge is 0.490 e. The number of benzene rings is 2. The third-order valence-corrected chi connectivity index (χ3v) is 5.25. The summed E-state index contributed by atoms with van der Waals surface area (Å²) in [6.45, 7) is 4.94. The number of hydrogen-bond acceptors (Lipinski definition) is 6. The van der Waals surface area contributed by atoms with Gasteiger partial charge in [-0.1, -0.05) is 53.8 Å². The Bertz CT molecular complexity index is 1290. The highest BCUT2D eigenvalue weighted by atomic mass is 32.1. The number of ether oxygens (including phenoxy) is 2. The van der Waals surface area contributed by atoms with Crippen LogP contribution in [0.15, 0.2) is 53.3 Å². The van der Waals surface area contributed by atoms with E-state index in [0.717, 1.165) is 11.1 Å². The SMILES string of the molecule is CCOc1ccc(/C=c2/sc3nc(/C=C/c4ccccc4)nn3c2=O)cc1OCC. The van der Waals surface area contributed by atoms with Crippen LogP contribution in [0.25, 0.3) is 23.2 Å². The van der Waals surface area contributed by atoms with Crippen molar-refractivity contribution < 1.29 is 9.47 Å². The van der Waals surface area contributed by atoms with Gasteiger partial charge in [-0.25, -0.2) is 0 Å². The van der Waals surface area contributed by atoms with E-state index in [0.29, 0.717) is 40.0 Å². The molecule has 2 aromatic heterocycles. The first kappa shape index (κ1) is 19.8. The molecule has 6 nitrogen and oxygen atoms in total. The predicted octanol–water partition coefficient (Wildman–Crippen LogP) is 3.67. The van der Waals surface area contributed by atoms with Crippen LogP contribution in [0.5, 0.6) is 11.5 Å². The van der Waals surface area contributed by atoms with Gasteiger partial charge < -0.3 is 9.47 Å². The van der Waals surface area contributed by atoms with Crippen molar-refractivity contribution in [3.63, 3.8) is 0 Å². The van der Waals surface area contributed by atoms with Crippen LogP contribution in [-0.4, -0.2) is 27.8 Å². The molecular formula is C23H21N3O3S. The Morgan fingerprint density at radius 3 is 2.47 bits per heavy atom. The summed E-state index contributed by atoms with van der Waals surface area (Å²) in [6.07, 6.45) is 5.55. The molecule has 152 valence electrons. The molecule has 0 fully saturated rings. The summed E-state index contributed by atoms with van der Waals surface area (Å²) in [6, 6.07) is 15.5. The van der Waals surface area contributed by atoms with Gasteiger partial charge in [0.2, 0.25) is 4.96 Å². The van der Waals surface area contributed by atoms with Crippen LogP contribution < -0.4 is 19.6 Å². The number of nitrogens with zero attached hydrogens (tertiary/aromatic N) is 3. The second-order valence-corrected chi connectivity index (χ2v) is 7.41. The van der Waals surface area contributed by atoms with Gasteiger partial charge in [0.05, 0.1) is 17.7 Å². The van der Waals surface area contributed by atoms with Gasteiger partial charge in [-0.2, -0.15) is 9.50 Å². The molecule has 0 N–H and O–H groups in total. The topological polar surface area (TPSA) is 65.7 Å². The average molecular weight is 420 g/mol. The smallest absolute Gasteiger partial charge is 0.291 e. The number of fused-ring (bicyclic) bond motifs is 1. The molecule has 0 atom stereocenters. The zero-order chi connectivity index (χ0) is 20.9. The molecule has 0 aliphatic carbocycles. The summed E-state index contributed by atoms with van der Waals surface area (Å²) in [5.74, 6) is 1.86. The van der Waals surface area contributed by atoms with E-state index in [1.807, 2.05) is 74.5 Å². The highest BCUT2D eigenvalue weighted by Gasteiger charge is 2.10. The Balaban J connectivity index is 1.65. The molecule has 0 aliphatic rings. The lowest BCUT2D eigenvalue weighted by Gasteiger charge is -2.11. The van der Waals surface area contributed by atoms with Gasteiger partial charge in [-0.15, -0.1) is 5.10 Å². The zero-order valence-corrected chi connectivity index (χ0v) is 17.6. The summed E-state index contributed by atoms with van der Waals surface area (Å²) >= 11 is 1.31. The lowest BCUT2D eigenvalue weighted by molar-refractivity contribution is 0.287. The Labute approximate surface area is 177 Å². The first-order valence-electron chi connectivity index (χ1n) is 9.72. The van der Waals surface area contributed by atoms with E-state index in [1.54, 1.807) is 6.08 Å². The summed E-state index contributed by atoms with van der Waals surface area (Å²) < 4.78 is 13.2.